The van der Waals surface area contributed by atoms with E-state index in [0.29, 0.717) is 0 Å². The van der Waals surface area contributed by atoms with Gasteiger partial charge in [-0.2, -0.15) is 5.10 Å². The molecule has 1 atom stereocenters. The average Bonchev–Trinajstić information content (AvgIpc) is 2.65. The molecule has 0 saturated heterocycles. The molecule has 0 spiro atoms. The molecule has 82 valence electrons. The zero-order chi connectivity index (χ0) is 10.7. The third-order valence-electron chi connectivity index (χ3n) is 2.87. The Bertz CT molecular complexity index is 354. The van der Waals surface area contributed by atoms with E-state index in [1.165, 1.54) is 11.1 Å². The van der Waals surface area contributed by atoms with Gasteiger partial charge in [-0.1, -0.05) is 11.6 Å². The maximum Gasteiger partial charge on any atom is 0.0723 e. The lowest BCUT2D eigenvalue weighted by molar-refractivity contribution is 0.202. The summed E-state index contributed by atoms with van der Waals surface area (Å²) >= 11 is 0. The molecule has 0 aliphatic heterocycles. The van der Waals surface area contributed by atoms with Crippen LogP contribution in [0.2, 0.25) is 0 Å². The molecule has 0 aromatic carbocycles. The third kappa shape index (κ3) is 2.69. The smallest absolute Gasteiger partial charge is 0.0723 e. The summed E-state index contributed by atoms with van der Waals surface area (Å²) in [6.45, 7) is 3.00. The zero-order valence-corrected chi connectivity index (χ0v) is 9.19. The van der Waals surface area contributed by atoms with E-state index in [2.05, 4.69) is 18.2 Å². The van der Waals surface area contributed by atoms with Gasteiger partial charge in [0.15, 0.2) is 0 Å². The van der Waals surface area contributed by atoms with E-state index in [0.717, 1.165) is 32.2 Å². The van der Waals surface area contributed by atoms with E-state index in [1.54, 1.807) is 0 Å². The summed E-state index contributed by atoms with van der Waals surface area (Å²) < 4.78 is 1.94. The van der Waals surface area contributed by atoms with E-state index < -0.39 is 0 Å². The van der Waals surface area contributed by atoms with Gasteiger partial charge in [-0.05, 0) is 38.2 Å². The van der Waals surface area contributed by atoms with Gasteiger partial charge in [-0.15, -0.1) is 0 Å². The van der Waals surface area contributed by atoms with Crippen LogP contribution in [0, 0.1) is 0 Å². The molecule has 1 heterocycles. The van der Waals surface area contributed by atoms with Crippen molar-refractivity contribution < 1.29 is 5.11 Å². The molecule has 1 aliphatic rings. The highest BCUT2D eigenvalue weighted by Gasteiger charge is 2.11. The Labute approximate surface area is 90.4 Å². The van der Waals surface area contributed by atoms with Crippen molar-refractivity contribution in [1.29, 1.82) is 0 Å². The number of aliphatic hydroxyl groups is 1. The topological polar surface area (TPSA) is 38.0 Å². The molecular formula is C12H18N2O. The number of nitrogens with zero attached hydrogens (tertiary/aromatic N) is 2. The summed E-state index contributed by atoms with van der Waals surface area (Å²) in [7, 11) is 0. The van der Waals surface area contributed by atoms with Crippen molar-refractivity contribution in [1.82, 2.24) is 9.78 Å². The van der Waals surface area contributed by atoms with Crippen molar-refractivity contribution in [2.24, 2.45) is 0 Å². The monoisotopic (exact) mass is 206 g/mol. The third-order valence-corrected chi connectivity index (χ3v) is 2.87. The SMILES string of the molecule is CCn1cc(CC2=CC(O)CCC2)cn1. The maximum absolute atomic E-state index is 9.51. The van der Waals surface area contributed by atoms with Gasteiger partial charge in [0.2, 0.25) is 0 Å². The fourth-order valence-corrected chi connectivity index (χ4v) is 2.06. The molecule has 3 heteroatoms. The maximum atomic E-state index is 9.51. The van der Waals surface area contributed by atoms with Crippen molar-refractivity contribution in [2.75, 3.05) is 0 Å². The van der Waals surface area contributed by atoms with Crippen molar-refractivity contribution in [3.63, 3.8) is 0 Å². The summed E-state index contributed by atoms with van der Waals surface area (Å²) in [6.07, 6.45) is 9.87. The van der Waals surface area contributed by atoms with E-state index in [9.17, 15) is 5.11 Å². The second kappa shape index (κ2) is 4.62. The molecule has 1 N–H and O–H groups in total. The molecule has 2 rings (SSSR count). The minimum Gasteiger partial charge on any atom is -0.389 e. The van der Waals surface area contributed by atoms with E-state index >= 15 is 0 Å². The first-order valence-electron chi connectivity index (χ1n) is 5.67. The molecule has 0 amide bonds. The molecule has 0 radical (unpaired) electrons. The molecule has 1 aliphatic carbocycles. The molecule has 0 saturated carbocycles. The van der Waals surface area contributed by atoms with Gasteiger partial charge in [-0.25, -0.2) is 0 Å². The Hall–Kier alpha value is -1.09. The summed E-state index contributed by atoms with van der Waals surface area (Å²) in [5, 5.41) is 13.8. The van der Waals surface area contributed by atoms with E-state index in [4.69, 9.17) is 0 Å². The molecule has 1 aromatic heterocycles. The molecule has 0 fully saturated rings. The average molecular weight is 206 g/mol. The summed E-state index contributed by atoms with van der Waals surface area (Å²) in [5.74, 6) is 0. The molecule has 3 nitrogen and oxygen atoms in total. The number of aromatic nitrogens is 2. The standard InChI is InChI=1S/C12H18N2O/c1-2-14-9-11(8-13-14)6-10-4-3-5-12(15)7-10/h7-9,12,15H,2-6H2,1H3. The number of allylic oxidation sites excluding steroid dienone is 1. The Balaban J connectivity index is 2.01. The zero-order valence-electron chi connectivity index (χ0n) is 9.19. The van der Waals surface area contributed by atoms with Crippen molar-refractivity contribution in [3.8, 4) is 0 Å². The van der Waals surface area contributed by atoms with E-state index in [1.807, 2.05) is 17.0 Å². The van der Waals surface area contributed by atoms with Crippen LogP contribution < -0.4 is 0 Å². The van der Waals surface area contributed by atoms with Gasteiger partial charge in [-0.3, -0.25) is 4.68 Å². The van der Waals surface area contributed by atoms with Crippen LogP contribution in [0.25, 0.3) is 0 Å². The first kappa shape index (κ1) is 10.4. The van der Waals surface area contributed by atoms with Crippen molar-refractivity contribution in [3.05, 3.63) is 29.6 Å². The normalized spacial score (nSPS) is 21.5. The quantitative estimate of drug-likeness (QED) is 0.767. The molecule has 0 bridgehead atoms. The highest BCUT2D eigenvalue weighted by Crippen LogP contribution is 2.21. The molecular weight excluding hydrogens is 188 g/mol. The van der Waals surface area contributed by atoms with Gasteiger partial charge in [0.1, 0.15) is 0 Å². The van der Waals surface area contributed by atoms with Crippen LogP contribution in [0.1, 0.15) is 31.7 Å². The van der Waals surface area contributed by atoms with Crippen LogP contribution >= 0.6 is 0 Å². The van der Waals surface area contributed by atoms with Crippen molar-refractivity contribution >= 4 is 0 Å². The van der Waals surface area contributed by atoms with Crippen LogP contribution in [0.4, 0.5) is 0 Å². The number of aryl methyl sites for hydroxylation is 1. The van der Waals surface area contributed by atoms with Crippen LogP contribution in [0.5, 0.6) is 0 Å². The summed E-state index contributed by atoms with van der Waals surface area (Å²) in [5.41, 5.74) is 2.60. The van der Waals surface area contributed by atoms with Gasteiger partial charge in [0.25, 0.3) is 0 Å². The summed E-state index contributed by atoms with van der Waals surface area (Å²) in [4.78, 5) is 0. The number of rotatable bonds is 3. The second-order valence-corrected chi connectivity index (χ2v) is 4.17. The highest BCUT2D eigenvalue weighted by atomic mass is 16.3. The Morgan fingerprint density at radius 1 is 1.60 bits per heavy atom. The van der Waals surface area contributed by atoms with Crippen molar-refractivity contribution in [2.45, 2.75) is 45.3 Å². The predicted molar refractivity (Wildman–Crippen MR) is 59.5 cm³/mol. The largest absolute Gasteiger partial charge is 0.389 e. The first-order valence-corrected chi connectivity index (χ1v) is 5.67. The number of hydrogen-bond donors (Lipinski definition) is 1. The fraction of sp³-hybridized carbons (Fsp3) is 0.583. The highest BCUT2D eigenvalue weighted by molar-refractivity contribution is 5.19. The van der Waals surface area contributed by atoms with Crippen LogP contribution in [-0.2, 0) is 13.0 Å². The van der Waals surface area contributed by atoms with Gasteiger partial charge in [0.05, 0.1) is 12.3 Å². The van der Waals surface area contributed by atoms with Gasteiger partial charge >= 0.3 is 0 Å². The fourth-order valence-electron chi connectivity index (χ4n) is 2.06. The van der Waals surface area contributed by atoms with Gasteiger partial charge < -0.3 is 5.11 Å². The van der Waals surface area contributed by atoms with Crippen LogP contribution in [0.15, 0.2) is 24.0 Å². The number of hydrogen-bond acceptors (Lipinski definition) is 2. The Kier molecular flexibility index (Phi) is 3.21. The molecule has 1 aromatic rings. The summed E-state index contributed by atoms with van der Waals surface area (Å²) in [6, 6.07) is 0. The lowest BCUT2D eigenvalue weighted by atomic mass is 9.94. The molecule has 1 unspecified atom stereocenters. The van der Waals surface area contributed by atoms with Crippen LogP contribution in [0.3, 0.4) is 0 Å². The Morgan fingerprint density at radius 2 is 2.47 bits per heavy atom. The van der Waals surface area contributed by atoms with E-state index in [-0.39, 0.29) is 6.10 Å². The Morgan fingerprint density at radius 3 is 3.13 bits per heavy atom. The van der Waals surface area contributed by atoms with Gasteiger partial charge in [0, 0.05) is 12.7 Å². The first-order chi connectivity index (χ1) is 7.28. The lowest BCUT2D eigenvalue weighted by Crippen LogP contribution is -2.09. The number of aliphatic hydroxyl groups excluding tert-OH is 1. The van der Waals surface area contributed by atoms with Crippen LogP contribution in [-0.4, -0.2) is 21.0 Å². The minimum atomic E-state index is -0.227. The minimum absolute atomic E-state index is 0.227. The molecule has 15 heavy (non-hydrogen) atoms. The predicted octanol–water partition coefficient (Wildman–Crippen LogP) is 1.92. The second-order valence-electron chi connectivity index (χ2n) is 4.17. The lowest BCUT2D eigenvalue weighted by Gasteiger charge is -2.16.